The average Bonchev–Trinajstić information content (AvgIpc) is 2.59. The van der Waals surface area contributed by atoms with E-state index in [1.807, 2.05) is 12.3 Å². The van der Waals surface area contributed by atoms with E-state index in [1.165, 1.54) is 6.07 Å². The maximum atomic E-state index is 13.3. The SMILES string of the molecule is CC(O)CCc1c[nH]c2c(F)cccc12. The van der Waals surface area contributed by atoms with Crippen LogP contribution in [0.1, 0.15) is 18.9 Å². The molecule has 1 aromatic heterocycles. The minimum atomic E-state index is -0.316. The van der Waals surface area contributed by atoms with Gasteiger partial charge in [0.2, 0.25) is 0 Å². The first-order valence-corrected chi connectivity index (χ1v) is 5.11. The molecule has 0 saturated heterocycles. The number of fused-ring (bicyclic) bond motifs is 1. The normalized spacial score (nSPS) is 13.3. The van der Waals surface area contributed by atoms with Crippen LogP contribution in [0, 0.1) is 5.82 Å². The van der Waals surface area contributed by atoms with Gasteiger partial charge in [-0.15, -0.1) is 0 Å². The summed E-state index contributed by atoms with van der Waals surface area (Å²) in [5.41, 5.74) is 1.61. The van der Waals surface area contributed by atoms with Crippen molar-refractivity contribution in [1.82, 2.24) is 4.98 Å². The fourth-order valence-corrected chi connectivity index (χ4v) is 1.75. The standard InChI is InChI=1S/C12H14FNO/c1-8(15)5-6-9-7-14-12-10(9)3-2-4-11(12)13/h2-4,7-8,14-15H,5-6H2,1H3. The van der Waals surface area contributed by atoms with Crippen LogP contribution in [0.15, 0.2) is 24.4 Å². The molecule has 0 spiro atoms. The number of hydrogen-bond donors (Lipinski definition) is 2. The highest BCUT2D eigenvalue weighted by atomic mass is 19.1. The van der Waals surface area contributed by atoms with Crippen LogP contribution < -0.4 is 0 Å². The molecule has 2 aromatic rings. The van der Waals surface area contributed by atoms with Crippen molar-refractivity contribution >= 4 is 10.9 Å². The molecule has 0 radical (unpaired) electrons. The first-order valence-electron chi connectivity index (χ1n) is 5.11. The summed E-state index contributed by atoms with van der Waals surface area (Å²) in [5, 5.41) is 10.1. The first-order chi connectivity index (χ1) is 7.18. The van der Waals surface area contributed by atoms with E-state index in [4.69, 9.17) is 0 Å². The Bertz CT molecular complexity index is 462. The Labute approximate surface area is 87.7 Å². The van der Waals surface area contributed by atoms with Crippen LogP contribution in [0.25, 0.3) is 10.9 Å². The Morgan fingerprint density at radius 3 is 3.00 bits per heavy atom. The van der Waals surface area contributed by atoms with Crippen molar-refractivity contribution in [3.05, 3.63) is 35.8 Å². The molecule has 0 aliphatic carbocycles. The van der Waals surface area contributed by atoms with Crippen LogP contribution >= 0.6 is 0 Å². The predicted octanol–water partition coefficient (Wildman–Crippen LogP) is 2.62. The molecule has 0 aliphatic heterocycles. The van der Waals surface area contributed by atoms with Crippen LogP contribution in [0.3, 0.4) is 0 Å². The number of aromatic nitrogens is 1. The molecule has 0 fully saturated rings. The van der Waals surface area contributed by atoms with Gasteiger partial charge in [-0.05, 0) is 31.4 Å². The van der Waals surface area contributed by atoms with Gasteiger partial charge < -0.3 is 10.1 Å². The maximum absolute atomic E-state index is 13.3. The summed E-state index contributed by atoms with van der Waals surface area (Å²) in [5.74, 6) is -0.226. The van der Waals surface area contributed by atoms with Crippen LogP contribution in [-0.4, -0.2) is 16.2 Å². The van der Waals surface area contributed by atoms with E-state index in [-0.39, 0.29) is 11.9 Å². The highest BCUT2D eigenvalue weighted by Gasteiger charge is 2.07. The zero-order valence-electron chi connectivity index (χ0n) is 8.63. The van der Waals surface area contributed by atoms with Gasteiger partial charge in [0.05, 0.1) is 11.6 Å². The van der Waals surface area contributed by atoms with Gasteiger partial charge >= 0.3 is 0 Å². The summed E-state index contributed by atoms with van der Waals surface area (Å²) in [6, 6.07) is 5.04. The van der Waals surface area contributed by atoms with Crippen LogP contribution in [-0.2, 0) is 6.42 Å². The van der Waals surface area contributed by atoms with Gasteiger partial charge in [0.1, 0.15) is 5.82 Å². The lowest BCUT2D eigenvalue weighted by Gasteiger charge is -2.02. The molecular weight excluding hydrogens is 193 g/mol. The number of aromatic amines is 1. The first kappa shape index (κ1) is 10.2. The monoisotopic (exact) mass is 207 g/mol. The zero-order chi connectivity index (χ0) is 10.8. The number of halogens is 1. The molecule has 2 N–H and O–H groups in total. The molecule has 1 aromatic carbocycles. The van der Waals surface area contributed by atoms with Gasteiger partial charge in [-0.25, -0.2) is 4.39 Å². The summed E-state index contributed by atoms with van der Waals surface area (Å²) < 4.78 is 13.3. The Morgan fingerprint density at radius 2 is 2.27 bits per heavy atom. The van der Waals surface area contributed by atoms with Gasteiger partial charge in [0, 0.05) is 11.6 Å². The molecule has 1 heterocycles. The van der Waals surface area contributed by atoms with E-state index in [9.17, 15) is 9.50 Å². The number of hydrogen-bond acceptors (Lipinski definition) is 1. The molecular formula is C12H14FNO. The predicted molar refractivity (Wildman–Crippen MR) is 58.3 cm³/mol. The fourth-order valence-electron chi connectivity index (χ4n) is 1.75. The fraction of sp³-hybridized carbons (Fsp3) is 0.333. The molecule has 2 rings (SSSR count). The van der Waals surface area contributed by atoms with Gasteiger partial charge in [-0.3, -0.25) is 0 Å². The van der Waals surface area contributed by atoms with Crippen molar-refractivity contribution in [2.45, 2.75) is 25.9 Å². The number of benzene rings is 1. The molecule has 0 bridgehead atoms. The molecule has 2 nitrogen and oxygen atoms in total. The average molecular weight is 207 g/mol. The number of para-hydroxylation sites is 1. The van der Waals surface area contributed by atoms with Crippen molar-refractivity contribution < 1.29 is 9.50 Å². The summed E-state index contributed by atoms with van der Waals surface area (Å²) in [6.45, 7) is 1.76. The van der Waals surface area contributed by atoms with Crippen LogP contribution in [0.2, 0.25) is 0 Å². The lowest BCUT2D eigenvalue weighted by molar-refractivity contribution is 0.185. The van der Waals surface area contributed by atoms with E-state index in [1.54, 1.807) is 13.0 Å². The lowest BCUT2D eigenvalue weighted by atomic mass is 10.1. The number of nitrogens with one attached hydrogen (secondary N) is 1. The number of rotatable bonds is 3. The van der Waals surface area contributed by atoms with E-state index in [2.05, 4.69) is 4.98 Å². The second-order valence-electron chi connectivity index (χ2n) is 3.86. The van der Waals surface area contributed by atoms with Gasteiger partial charge in [0.15, 0.2) is 0 Å². The zero-order valence-corrected chi connectivity index (χ0v) is 8.63. The smallest absolute Gasteiger partial charge is 0.147 e. The second kappa shape index (κ2) is 4.03. The van der Waals surface area contributed by atoms with Crippen LogP contribution in [0.5, 0.6) is 0 Å². The second-order valence-corrected chi connectivity index (χ2v) is 3.86. The highest BCUT2D eigenvalue weighted by molar-refractivity contribution is 5.83. The van der Waals surface area contributed by atoms with Gasteiger partial charge in [-0.2, -0.15) is 0 Å². The minimum Gasteiger partial charge on any atom is -0.393 e. The number of H-pyrrole nitrogens is 1. The largest absolute Gasteiger partial charge is 0.393 e. The third-order valence-corrected chi connectivity index (χ3v) is 2.58. The van der Waals surface area contributed by atoms with Gasteiger partial charge in [-0.1, -0.05) is 12.1 Å². The van der Waals surface area contributed by atoms with Crippen molar-refractivity contribution in [2.24, 2.45) is 0 Å². The number of aliphatic hydroxyl groups excluding tert-OH is 1. The summed E-state index contributed by atoms with van der Waals surface area (Å²) in [7, 11) is 0. The van der Waals surface area contributed by atoms with E-state index < -0.39 is 0 Å². The third-order valence-electron chi connectivity index (χ3n) is 2.58. The molecule has 0 saturated carbocycles. The minimum absolute atomic E-state index is 0.226. The van der Waals surface area contributed by atoms with Crippen molar-refractivity contribution in [3.8, 4) is 0 Å². The molecule has 1 atom stereocenters. The number of aryl methyl sites for hydroxylation is 1. The summed E-state index contributed by atoms with van der Waals surface area (Å²) >= 11 is 0. The van der Waals surface area contributed by atoms with Crippen molar-refractivity contribution in [1.29, 1.82) is 0 Å². The maximum Gasteiger partial charge on any atom is 0.147 e. The van der Waals surface area contributed by atoms with Gasteiger partial charge in [0.25, 0.3) is 0 Å². The highest BCUT2D eigenvalue weighted by Crippen LogP contribution is 2.21. The van der Waals surface area contributed by atoms with Crippen LogP contribution in [0.4, 0.5) is 4.39 Å². The van der Waals surface area contributed by atoms with E-state index in [0.29, 0.717) is 11.9 Å². The molecule has 0 aliphatic rings. The molecule has 80 valence electrons. The van der Waals surface area contributed by atoms with Crippen molar-refractivity contribution in [2.75, 3.05) is 0 Å². The van der Waals surface area contributed by atoms with E-state index in [0.717, 1.165) is 17.4 Å². The number of aliphatic hydroxyl groups is 1. The Kier molecular flexibility index (Phi) is 2.73. The Balaban J connectivity index is 2.33. The summed E-state index contributed by atoms with van der Waals surface area (Å²) in [6.07, 6.45) is 2.96. The molecule has 1 unspecified atom stereocenters. The quantitative estimate of drug-likeness (QED) is 0.797. The molecule has 3 heteroatoms. The topological polar surface area (TPSA) is 36.0 Å². The Morgan fingerprint density at radius 1 is 1.47 bits per heavy atom. The molecule has 0 amide bonds. The molecule has 15 heavy (non-hydrogen) atoms. The summed E-state index contributed by atoms with van der Waals surface area (Å²) in [4.78, 5) is 2.92. The Hall–Kier alpha value is -1.35. The lowest BCUT2D eigenvalue weighted by Crippen LogP contribution is -2.00. The third kappa shape index (κ3) is 2.02. The van der Waals surface area contributed by atoms with Crippen molar-refractivity contribution in [3.63, 3.8) is 0 Å². The van der Waals surface area contributed by atoms with E-state index >= 15 is 0 Å².